The normalized spacial score (nSPS) is 17.3. The summed E-state index contributed by atoms with van der Waals surface area (Å²) in [7, 11) is 0. The van der Waals surface area contributed by atoms with Gasteiger partial charge in [0.25, 0.3) is 0 Å². The van der Waals surface area contributed by atoms with Crippen molar-refractivity contribution >= 4 is 11.3 Å². The molecule has 66 valence electrons. The molecule has 0 radical (unpaired) electrons. The Bertz CT molecular complexity index is 279. The van der Waals surface area contributed by atoms with Crippen molar-refractivity contribution in [3.63, 3.8) is 0 Å². The minimum Gasteiger partial charge on any atom is -0.145 e. The van der Waals surface area contributed by atoms with E-state index in [1.807, 2.05) is 11.3 Å². The Labute approximate surface area is 78.6 Å². The molecule has 1 heterocycles. The minimum absolute atomic E-state index is 0.709. The molecule has 1 aromatic heterocycles. The average molecular weight is 180 g/mol. The zero-order valence-electron chi connectivity index (χ0n) is 8.05. The standard InChI is InChI=1S/C11H16S/c1-7(2)10-6-8(3)11(12-10)9-4-5-9/h6-7,9H,4-5H2,1-3H3. The van der Waals surface area contributed by atoms with E-state index in [1.54, 1.807) is 9.75 Å². The molecule has 1 heteroatoms. The van der Waals surface area contributed by atoms with E-state index in [4.69, 9.17) is 0 Å². The third-order valence-electron chi connectivity index (χ3n) is 2.49. The van der Waals surface area contributed by atoms with Crippen LogP contribution in [0.1, 0.15) is 53.8 Å². The van der Waals surface area contributed by atoms with Crippen LogP contribution >= 0.6 is 11.3 Å². The quantitative estimate of drug-likeness (QED) is 0.644. The van der Waals surface area contributed by atoms with Crippen molar-refractivity contribution in [1.29, 1.82) is 0 Å². The van der Waals surface area contributed by atoms with E-state index in [0.29, 0.717) is 5.92 Å². The molecule has 0 bridgehead atoms. The summed E-state index contributed by atoms with van der Waals surface area (Å²) in [5.41, 5.74) is 1.53. The molecule has 0 atom stereocenters. The highest BCUT2D eigenvalue weighted by Crippen LogP contribution is 2.46. The predicted molar refractivity (Wildman–Crippen MR) is 55.1 cm³/mol. The van der Waals surface area contributed by atoms with Gasteiger partial charge in [-0.25, -0.2) is 0 Å². The van der Waals surface area contributed by atoms with Gasteiger partial charge in [-0.15, -0.1) is 11.3 Å². The van der Waals surface area contributed by atoms with Crippen LogP contribution in [-0.4, -0.2) is 0 Å². The Morgan fingerprint density at radius 2 is 2.08 bits per heavy atom. The molecule has 0 unspecified atom stereocenters. The first-order valence-electron chi connectivity index (χ1n) is 4.78. The summed E-state index contributed by atoms with van der Waals surface area (Å²) in [6.07, 6.45) is 2.86. The highest BCUT2D eigenvalue weighted by molar-refractivity contribution is 7.12. The number of hydrogen-bond acceptors (Lipinski definition) is 1. The molecule has 1 fully saturated rings. The van der Waals surface area contributed by atoms with Crippen LogP contribution in [0.15, 0.2) is 6.07 Å². The Balaban J connectivity index is 2.30. The van der Waals surface area contributed by atoms with Gasteiger partial charge >= 0.3 is 0 Å². The largest absolute Gasteiger partial charge is 0.145 e. The summed E-state index contributed by atoms with van der Waals surface area (Å²) in [6.45, 7) is 6.82. The zero-order chi connectivity index (χ0) is 8.72. The first kappa shape index (κ1) is 8.31. The fourth-order valence-corrected chi connectivity index (χ4v) is 2.90. The van der Waals surface area contributed by atoms with E-state index in [9.17, 15) is 0 Å². The second-order valence-corrected chi connectivity index (χ2v) is 5.24. The second-order valence-electron chi connectivity index (χ2n) is 4.13. The van der Waals surface area contributed by atoms with Crippen molar-refractivity contribution in [3.8, 4) is 0 Å². The van der Waals surface area contributed by atoms with Crippen LogP contribution < -0.4 is 0 Å². The van der Waals surface area contributed by atoms with Crippen LogP contribution in [0.4, 0.5) is 0 Å². The molecule has 0 N–H and O–H groups in total. The fraction of sp³-hybridized carbons (Fsp3) is 0.636. The van der Waals surface area contributed by atoms with Crippen LogP contribution in [0.25, 0.3) is 0 Å². The number of thiophene rings is 1. The van der Waals surface area contributed by atoms with Gasteiger partial charge in [-0.2, -0.15) is 0 Å². The van der Waals surface area contributed by atoms with Crippen molar-refractivity contribution in [2.75, 3.05) is 0 Å². The Morgan fingerprint density at radius 3 is 2.50 bits per heavy atom. The van der Waals surface area contributed by atoms with Crippen molar-refractivity contribution in [2.24, 2.45) is 0 Å². The summed E-state index contributed by atoms with van der Waals surface area (Å²) in [6, 6.07) is 2.38. The van der Waals surface area contributed by atoms with Crippen LogP contribution in [-0.2, 0) is 0 Å². The van der Waals surface area contributed by atoms with Gasteiger partial charge in [0.1, 0.15) is 0 Å². The average Bonchev–Trinajstić information content (AvgIpc) is 2.75. The van der Waals surface area contributed by atoms with Crippen molar-refractivity contribution in [1.82, 2.24) is 0 Å². The Morgan fingerprint density at radius 1 is 1.42 bits per heavy atom. The van der Waals surface area contributed by atoms with Crippen LogP contribution in [0.2, 0.25) is 0 Å². The number of aryl methyl sites for hydroxylation is 1. The van der Waals surface area contributed by atoms with Gasteiger partial charge in [0, 0.05) is 9.75 Å². The van der Waals surface area contributed by atoms with Gasteiger partial charge < -0.3 is 0 Å². The van der Waals surface area contributed by atoms with E-state index in [-0.39, 0.29) is 0 Å². The van der Waals surface area contributed by atoms with Crippen LogP contribution in [0, 0.1) is 6.92 Å². The molecule has 1 aromatic rings. The first-order chi connectivity index (χ1) is 5.68. The molecule has 1 aliphatic rings. The van der Waals surface area contributed by atoms with E-state index in [0.717, 1.165) is 5.92 Å². The molecule has 2 rings (SSSR count). The molecule has 0 spiro atoms. The molecular weight excluding hydrogens is 164 g/mol. The lowest BCUT2D eigenvalue weighted by molar-refractivity contribution is 0.889. The van der Waals surface area contributed by atoms with Gasteiger partial charge in [0.2, 0.25) is 0 Å². The summed E-state index contributed by atoms with van der Waals surface area (Å²) in [4.78, 5) is 3.23. The van der Waals surface area contributed by atoms with E-state index in [1.165, 1.54) is 18.4 Å². The van der Waals surface area contributed by atoms with Gasteiger partial charge in [-0.05, 0) is 43.2 Å². The summed E-state index contributed by atoms with van der Waals surface area (Å²) in [5.74, 6) is 1.64. The van der Waals surface area contributed by atoms with E-state index < -0.39 is 0 Å². The smallest absolute Gasteiger partial charge is 0.0108 e. The molecule has 1 saturated carbocycles. The number of rotatable bonds is 2. The summed E-state index contributed by atoms with van der Waals surface area (Å²) >= 11 is 2.04. The topological polar surface area (TPSA) is 0 Å². The molecule has 1 aliphatic carbocycles. The Hall–Kier alpha value is -0.300. The van der Waals surface area contributed by atoms with Crippen molar-refractivity contribution < 1.29 is 0 Å². The fourth-order valence-electron chi connectivity index (χ4n) is 1.56. The molecule has 0 aromatic carbocycles. The van der Waals surface area contributed by atoms with Gasteiger partial charge in [0.05, 0.1) is 0 Å². The van der Waals surface area contributed by atoms with E-state index in [2.05, 4.69) is 26.8 Å². The minimum atomic E-state index is 0.709. The van der Waals surface area contributed by atoms with E-state index >= 15 is 0 Å². The molecule has 0 aliphatic heterocycles. The van der Waals surface area contributed by atoms with Crippen LogP contribution in [0.5, 0.6) is 0 Å². The monoisotopic (exact) mass is 180 g/mol. The maximum Gasteiger partial charge on any atom is 0.0108 e. The highest BCUT2D eigenvalue weighted by Gasteiger charge is 2.27. The maximum atomic E-state index is 2.38. The first-order valence-corrected chi connectivity index (χ1v) is 5.60. The molecular formula is C11H16S. The van der Waals surface area contributed by atoms with Crippen LogP contribution in [0.3, 0.4) is 0 Å². The second kappa shape index (κ2) is 2.88. The molecule has 12 heavy (non-hydrogen) atoms. The maximum absolute atomic E-state index is 2.38. The third kappa shape index (κ3) is 1.42. The molecule has 0 amide bonds. The Kier molecular flexibility index (Phi) is 1.99. The SMILES string of the molecule is Cc1cc(C(C)C)sc1C1CC1. The summed E-state index contributed by atoms with van der Waals surface area (Å²) in [5, 5.41) is 0. The number of hydrogen-bond donors (Lipinski definition) is 0. The summed E-state index contributed by atoms with van der Waals surface area (Å²) < 4.78 is 0. The highest BCUT2D eigenvalue weighted by atomic mass is 32.1. The van der Waals surface area contributed by atoms with Crippen molar-refractivity contribution in [2.45, 2.75) is 45.4 Å². The predicted octanol–water partition coefficient (Wildman–Crippen LogP) is 4.06. The van der Waals surface area contributed by atoms with Gasteiger partial charge in [-0.1, -0.05) is 13.8 Å². The lowest BCUT2D eigenvalue weighted by Gasteiger charge is -1.97. The van der Waals surface area contributed by atoms with Gasteiger partial charge in [-0.3, -0.25) is 0 Å². The van der Waals surface area contributed by atoms with Gasteiger partial charge in [0.15, 0.2) is 0 Å². The lowest BCUT2D eigenvalue weighted by Crippen LogP contribution is -1.77. The molecule has 0 saturated heterocycles. The zero-order valence-corrected chi connectivity index (χ0v) is 8.87. The third-order valence-corrected chi connectivity index (χ3v) is 4.19. The lowest BCUT2D eigenvalue weighted by atomic mass is 10.1. The molecule has 0 nitrogen and oxygen atoms in total. The van der Waals surface area contributed by atoms with Crippen molar-refractivity contribution in [3.05, 3.63) is 21.4 Å².